The fraction of sp³-hybridized carbons (Fsp3) is 0.385. The summed E-state index contributed by atoms with van der Waals surface area (Å²) in [5.41, 5.74) is 0.956. The third kappa shape index (κ3) is 2.64. The van der Waals surface area contributed by atoms with Gasteiger partial charge in [0.05, 0.1) is 12.5 Å². The van der Waals surface area contributed by atoms with E-state index < -0.39 is 0 Å². The van der Waals surface area contributed by atoms with Crippen LogP contribution < -0.4 is 10.6 Å². The van der Waals surface area contributed by atoms with Gasteiger partial charge >= 0.3 is 0 Å². The second kappa shape index (κ2) is 4.99. The number of benzene rings is 1. The van der Waals surface area contributed by atoms with Crippen LogP contribution in [0.5, 0.6) is 0 Å². The minimum absolute atomic E-state index is 0.0849. The number of rotatable bonds is 4. The summed E-state index contributed by atoms with van der Waals surface area (Å²) in [4.78, 5) is 23.0. The molecule has 2 amide bonds. The first-order valence-corrected chi connectivity index (χ1v) is 5.84. The molecule has 2 atom stereocenters. The Balaban J connectivity index is 1.87. The summed E-state index contributed by atoms with van der Waals surface area (Å²) in [6.07, 6.45) is 1.16. The molecule has 1 heterocycles. The van der Waals surface area contributed by atoms with Gasteiger partial charge in [0, 0.05) is 0 Å². The van der Waals surface area contributed by atoms with Crippen LogP contribution in [0.4, 0.5) is 0 Å². The zero-order valence-corrected chi connectivity index (χ0v) is 9.77. The van der Waals surface area contributed by atoms with E-state index in [4.69, 9.17) is 0 Å². The summed E-state index contributed by atoms with van der Waals surface area (Å²) < 4.78 is 0. The van der Waals surface area contributed by atoms with Gasteiger partial charge in [0.25, 0.3) is 0 Å². The van der Waals surface area contributed by atoms with Crippen LogP contribution in [0, 0.1) is 0 Å². The van der Waals surface area contributed by atoms with Crippen LogP contribution in [-0.2, 0) is 16.0 Å². The van der Waals surface area contributed by atoms with E-state index in [1.165, 1.54) is 0 Å². The van der Waals surface area contributed by atoms with Crippen molar-refractivity contribution < 1.29 is 9.59 Å². The fourth-order valence-corrected chi connectivity index (χ4v) is 1.95. The zero-order valence-electron chi connectivity index (χ0n) is 9.77. The molecule has 1 aliphatic heterocycles. The number of carbonyl (C=O) groups excluding carboxylic acids is 2. The molecular formula is C13H16N2O2. The normalized spacial score (nSPS) is 22.5. The molecular weight excluding hydrogens is 216 g/mol. The van der Waals surface area contributed by atoms with Crippen LogP contribution in [0.2, 0.25) is 0 Å². The summed E-state index contributed by atoms with van der Waals surface area (Å²) in [7, 11) is 0. The molecule has 2 rings (SSSR count). The Hall–Kier alpha value is -1.84. The molecule has 0 bridgehead atoms. The van der Waals surface area contributed by atoms with Crippen LogP contribution in [0.3, 0.4) is 0 Å². The first-order valence-electron chi connectivity index (χ1n) is 5.84. The van der Waals surface area contributed by atoms with Crippen molar-refractivity contribution in [3.05, 3.63) is 35.9 Å². The highest BCUT2D eigenvalue weighted by Crippen LogP contribution is 2.10. The summed E-state index contributed by atoms with van der Waals surface area (Å²) >= 11 is 0. The zero-order chi connectivity index (χ0) is 12.3. The fourth-order valence-electron chi connectivity index (χ4n) is 1.95. The first kappa shape index (κ1) is 11.6. The van der Waals surface area contributed by atoms with Crippen molar-refractivity contribution in [3.8, 4) is 0 Å². The molecule has 2 N–H and O–H groups in total. The van der Waals surface area contributed by atoms with Crippen molar-refractivity contribution in [2.45, 2.75) is 31.8 Å². The first-order chi connectivity index (χ1) is 8.20. The third-order valence-electron chi connectivity index (χ3n) is 2.98. The molecule has 1 saturated heterocycles. The molecule has 0 unspecified atom stereocenters. The maximum absolute atomic E-state index is 11.7. The van der Waals surface area contributed by atoms with E-state index >= 15 is 0 Å². The molecule has 0 spiro atoms. The Morgan fingerprint density at radius 1 is 1.35 bits per heavy atom. The molecule has 1 aromatic carbocycles. The molecule has 90 valence electrons. The van der Waals surface area contributed by atoms with E-state index in [-0.39, 0.29) is 23.9 Å². The number of hydrogen-bond donors (Lipinski definition) is 2. The van der Waals surface area contributed by atoms with Gasteiger partial charge in [-0.1, -0.05) is 37.3 Å². The Morgan fingerprint density at radius 3 is 2.65 bits per heavy atom. The highest BCUT2D eigenvalue weighted by Gasteiger charge is 2.38. The van der Waals surface area contributed by atoms with Gasteiger partial charge in [-0.05, 0) is 12.0 Å². The minimum Gasteiger partial charge on any atom is -0.349 e. The van der Waals surface area contributed by atoms with Gasteiger partial charge in [-0.25, -0.2) is 0 Å². The number of carbonyl (C=O) groups is 2. The lowest BCUT2D eigenvalue weighted by molar-refractivity contribution is -0.136. The van der Waals surface area contributed by atoms with Crippen LogP contribution in [0.25, 0.3) is 0 Å². The van der Waals surface area contributed by atoms with Crippen LogP contribution in [0.15, 0.2) is 30.3 Å². The summed E-state index contributed by atoms with van der Waals surface area (Å²) in [5, 5.41) is 5.52. The second-order valence-corrected chi connectivity index (χ2v) is 4.23. The lowest BCUT2D eigenvalue weighted by atomic mass is 9.96. The molecule has 1 fully saturated rings. The molecule has 0 aliphatic carbocycles. The van der Waals surface area contributed by atoms with E-state index in [0.29, 0.717) is 6.42 Å². The number of hydrogen-bond acceptors (Lipinski definition) is 2. The molecule has 0 saturated carbocycles. The van der Waals surface area contributed by atoms with Gasteiger partial charge in [0.15, 0.2) is 0 Å². The van der Waals surface area contributed by atoms with E-state index in [1.54, 1.807) is 0 Å². The Morgan fingerprint density at radius 2 is 2.06 bits per heavy atom. The van der Waals surface area contributed by atoms with Gasteiger partial charge in [-0.15, -0.1) is 0 Å². The predicted molar refractivity (Wildman–Crippen MR) is 64.3 cm³/mol. The third-order valence-corrected chi connectivity index (χ3v) is 2.98. The molecule has 1 aliphatic rings. The lowest BCUT2D eigenvalue weighted by Crippen LogP contribution is -2.68. The molecule has 1 aromatic rings. The molecule has 4 heteroatoms. The maximum Gasteiger partial charge on any atom is 0.245 e. The van der Waals surface area contributed by atoms with E-state index in [1.807, 2.05) is 37.3 Å². The smallest absolute Gasteiger partial charge is 0.245 e. The Kier molecular flexibility index (Phi) is 3.42. The summed E-state index contributed by atoms with van der Waals surface area (Å²) in [6, 6.07) is 9.24. The van der Waals surface area contributed by atoms with Crippen molar-refractivity contribution >= 4 is 11.8 Å². The van der Waals surface area contributed by atoms with Crippen molar-refractivity contribution in [1.82, 2.24) is 10.6 Å². The Bertz CT molecular complexity index is 417. The average molecular weight is 232 g/mol. The van der Waals surface area contributed by atoms with Crippen LogP contribution in [0.1, 0.15) is 18.9 Å². The summed E-state index contributed by atoms with van der Waals surface area (Å²) in [6.45, 7) is 1.99. The van der Waals surface area contributed by atoms with E-state index in [2.05, 4.69) is 10.6 Å². The van der Waals surface area contributed by atoms with Gasteiger partial charge in [-0.3, -0.25) is 9.59 Å². The van der Waals surface area contributed by atoms with Crippen molar-refractivity contribution in [2.24, 2.45) is 0 Å². The van der Waals surface area contributed by atoms with Crippen LogP contribution in [-0.4, -0.2) is 23.9 Å². The van der Waals surface area contributed by atoms with E-state index in [9.17, 15) is 9.59 Å². The molecule has 0 aromatic heterocycles. The van der Waals surface area contributed by atoms with Gasteiger partial charge in [-0.2, -0.15) is 0 Å². The van der Waals surface area contributed by atoms with Crippen molar-refractivity contribution in [3.63, 3.8) is 0 Å². The van der Waals surface area contributed by atoms with Gasteiger partial charge in [0.2, 0.25) is 11.8 Å². The van der Waals surface area contributed by atoms with Crippen LogP contribution >= 0.6 is 0 Å². The second-order valence-electron chi connectivity index (χ2n) is 4.23. The average Bonchev–Trinajstić information content (AvgIpc) is 2.34. The topological polar surface area (TPSA) is 58.2 Å². The lowest BCUT2D eigenvalue weighted by Gasteiger charge is -2.36. The Labute approximate surface area is 100 Å². The SMILES string of the molecule is CC[C@@H]1NC(=O)[C@H]1NC(=O)Cc1ccccc1. The number of amides is 2. The predicted octanol–water partition coefficient (Wildman–Crippen LogP) is 0.622. The van der Waals surface area contributed by atoms with Gasteiger partial charge in [0.1, 0.15) is 6.04 Å². The molecule has 4 nitrogen and oxygen atoms in total. The summed E-state index contributed by atoms with van der Waals surface area (Å²) in [5.74, 6) is -0.187. The molecule has 17 heavy (non-hydrogen) atoms. The largest absolute Gasteiger partial charge is 0.349 e. The van der Waals surface area contributed by atoms with Crippen molar-refractivity contribution in [2.75, 3.05) is 0 Å². The number of β-lactam (4-membered cyclic amide) rings is 1. The molecule has 0 radical (unpaired) electrons. The monoisotopic (exact) mass is 232 g/mol. The van der Waals surface area contributed by atoms with E-state index in [0.717, 1.165) is 12.0 Å². The minimum atomic E-state index is -0.351. The highest BCUT2D eigenvalue weighted by atomic mass is 16.2. The van der Waals surface area contributed by atoms with Gasteiger partial charge < -0.3 is 10.6 Å². The quantitative estimate of drug-likeness (QED) is 0.748. The maximum atomic E-state index is 11.7. The highest BCUT2D eigenvalue weighted by molar-refractivity contribution is 5.93. The standard InChI is InChI=1S/C13H16N2O2/c1-2-10-12(13(17)14-10)15-11(16)8-9-6-4-3-5-7-9/h3-7,10,12H,2,8H2,1H3,(H,14,17)(H,15,16)/t10-,12-/m0/s1. The number of nitrogens with one attached hydrogen (secondary N) is 2. The van der Waals surface area contributed by atoms with Crippen molar-refractivity contribution in [1.29, 1.82) is 0 Å².